The molecule has 0 fully saturated rings. The number of hydrogen-bond donors (Lipinski definition) is 2. The number of halogens is 2. The van der Waals surface area contributed by atoms with Gasteiger partial charge in [-0.3, -0.25) is 9.52 Å². The van der Waals surface area contributed by atoms with Gasteiger partial charge in [-0.05, 0) is 59.7 Å². The third kappa shape index (κ3) is 4.71. The summed E-state index contributed by atoms with van der Waals surface area (Å²) >= 11 is 3.57. The van der Waals surface area contributed by atoms with Crippen LogP contribution in [0.1, 0.15) is 35.5 Å². The van der Waals surface area contributed by atoms with Gasteiger partial charge in [-0.2, -0.15) is 0 Å². The highest BCUT2D eigenvalue weighted by Gasteiger charge is 2.25. The number of aromatic nitrogens is 1. The number of nitrogens with zero attached hydrogens (tertiary/aromatic N) is 1. The molecule has 0 saturated heterocycles. The number of carbonyl (C=O) groups excluding carboxylic acids is 1. The number of sulfonamides is 1. The van der Waals surface area contributed by atoms with Crippen molar-refractivity contribution in [3.63, 3.8) is 0 Å². The second kappa shape index (κ2) is 8.56. The van der Waals surface area contributed by atoms with Crippen LogP contribution in [0, 0.1) is 5.82 Å². The molecule has 4 aromatic rings. The molecule has 6 nitrogen and oxygen atoms in total. The summed E-state index contributed by atoms with van der Waals surface area (Å²) in [4.78, 5) is 12.3. The molecular weight excluding hydrogens is 521 g/mol. The molecule has 176 valence electrons. The third-order valence-corrected chi connectivity index (χ3v) is 6.85. The zero-order valence-electron chi connectivity index (χ0n) is 18.8. The van der Waals surface area contributed by atoms with Gasteiger partial charge in [0.25, 0.3) is 5.91 Å². The zero-order chi connectivity index (χ0) is 24.8. The molecule has 0 atom stereocenters. The minimum absolute atomic E-state index is 0.259. The molecular formula is C25H23BrFN3O3S. The maximum absolute atomic E-state index is 13.5. The van der Waals surface area contributed by atoms with Crippen molar-refractivity contribution < 1.29 is 17.6 Å². The van der Waals surface area contributed by atoms with Crippen molar-refractivity contribution in [2.24, 2.45) is 5.73 Å². The molecule has 3 N–H and O–H groups in total. The Morgan fingerprint density at radius 2 is 1.68 bits per heavy atom. The first-order valence-corrected chi connectivity index (χ1v) is 13.0. The van der Waals surface area contributed by atoms with E-state index in [1.165, 1.54) is 12.1 Å². The first-order valence-electron chi connectivity index (χ1n) is 10.4. The average molecular weight is 544 g/mol. The predicted molar refractivity (Wildman–Crippen MR) is 136 cm³/mol. The minimum Gasteiger partial charge on any atom is -0.364 e. The van der Waals surface area contributed by atoms with E-state index in [4.69, 9.17) is 5.73 Å². The number of nitrogens with two attached hydrogens (primary N) is 1. The Hall–Kier alpha value is -3.17. The van der Waals surface area contributed by atoms with Crippen LogP contribution in [0.5, 0.6) is 0 Å². The Labute approximate surface area is 205 Å². The van der Waals surface area contributed by atoms with Crippen molar-refractivity contribution in [3.05, 3.63) is 93.8 Å². The van der Waals surface area contributed by atoms with Gasteiger partial charge in [-0.1, -0.05) is 48.0 Å². The Morgan fingerprint density at radius 1 is 1.00 bits per heavy atom. The highest BCUT2D eigenvalue weighted by molar-refractivity contribution is 9.10. The van der Waals surface area contributed by atoms with Gasteiger partial charge < -0.3 is 10.3 Å². The second-order valence-electron chi connectivity index (χ2n) is 8.71. The Balaban J connectivity index is 1.94. The molecule has 4 rings (SSSR count). The molecule has 0 unspecified atom stereocenters. The number of hydrogen-bond acceptors (Lipinski definition) is 3. The molecule has 0 aliphatic carbocycles. The van der Waals surface area contributed by atoms with Crippen LogP contribution >= 0.6 is 15.9 Å². The Bertz CT molecular complexity index is 1530. The Morgan fingerprint density at radius 3 is 2.29 bits per heavy atom. The number of amides is 1. The van der Waals surface area contributed by atoms with Crippen molar-refractivity contribution in [1.29, 1.82) is 0 Å². The van der Waals surface area contributed by atoms with Crippen molar-refractivity contribution in [2.75, 3.05) is 11.0 Å². The topological polar surface area (TPSA) is 94.2 Å². The lowest BCUT2D eigenvalue weighted by Crippen LogP contribution is -2.20. The van der Waals surface area contributed by atoms with Gasteiger partial charge in [0.15, 0.2) is 0 Å². The molecule has 0 aliphatic heterocycles. The SMILES string of the molecule is CC(C)(c1ccc(F)cc1)c1cc(Br)cc(-n2c(C(N)=O)cc3ccc(NS(C)(=O)=O)cc32)c1. The van der Waals surface area contributed by atoms with Crippen molar-refractivity contribution in [1.82, 2.24) is 4.57 Å². The van der Waals surface area contributed by atoms with Gasteiger partial charge in [0.2, 0.25) is 10.0 Å². The van der Waals surface area contributed by atoms with Crippen LogP contribution in [-0.2, 0) is 15.4 Å². The standard InChI is InChI=1S/C25H23BrFN3O3S/c1-25(2,16-5-7-19(27)8-6-16)17-11-18(26)13-21(12-17)30-22-14-20(29-34(3,32)33)9-4-15(22)10-23(30)24(28)31/h4-14,29H,1-3H3,(H2,28,31). The molecule has 0 saturated carbocycles. The van der Waals surface area contributed by atoms with Crippen molar-refractivity contribution in [2.45, 2.75) is 19.3 Å². The summed E-state index contributed by atoms with van der Waals surface area (Å²) < 4.78 is 41.9. The fourth-order valence-electron chi connectivity index (χ4n) is 4.04. The molecule has 1 aromatic heterocycles. The number of anilines is 1. The number of carbonyl (C=O) groups is 1. The molecule has 9 heteroatoms. The fraction of sp³-hybridized carbons (Fsp3) is 0.160. The highest BCUT2D eigenvalue weighted by Crippen LogP contribution is 2.36. The van der Waals surface area contributed by atoms with E-state index in [0.717, 1.165) is 27.2 Å². The van der Waals surface area contributed by atoms with Crippen LogP contribution in [0.4, 0.5) is 10.1 Å². The number of fused-ring (bicyclic) bond motifs is 1. The maximum atomic E-state index is 13.5. The van der Waals surface area contributed by atoms with E-state index in [1.807, 2.05) is 32.0 Å². The van der Waals surface area contributed by atoms with Crippen LogP contribution in [0.25, 0.3) is 16.6 Å². The summed E-state index contributed by atoms with van der Waals surface area (Å²) in [7, 11) is -3.48. The highest BCUT2D eigenvalue weighted by atomic mass is 79.9. The van der Waals surface area contributed by atoms with E-state index in [0.29, 0.717) is 16.9 Å². The van der Waals surface area contributed by atoms with E-state index in [9.17, 15) is 17.6 Å². The number of benzene rings is 3. The van der Waals surface area contributed by atoms with E-state index < -0.39 is 21.3 Å². The van der Waals surface area contributed by atoms with Gasteiger partial charge in [0.1, 0.15) is 11.5 Å². The number of nitrogens with one attached hydrogen (secondary N) is 1. The predicted octanol–water partition coefficient (Wildman–Crippen LogP) is 5.33. The third-order valence-electron chi connectivity index (χ3n) is 5.79. The van der Waals surface area contributed by atoms with E-state index in [1.54, 1.807) is 41.0 Å². The average Bonchev–Trinajstić information content (AvgIpc) is 3.11. The first-order chi connectivity index (χ1) is 15.8. The second-order valence-corrected chi connectivity index (χ2v) is 11.4. The smallest absolute Gasteiger partial charge is 0.265 e. The lowest BCUT2D eigenvalue weighted by Gasteiger charge is -2.27. The molecule has 0 bridgehead atoms. The van der Waals surface area contributed by atoms with Gasteiger partial charge in [-0.25, -0.2) is 12.8 Å². The molecule has 3 aromatic carbocycles. The summed E-state index contributed by atoms with van der Waals surface area (Å²) in [6, 6.07) is 18.8. The van der Waals surface area contributed by atoms with E-state index in [-0.39, 0.29) is 11.5 Å². The molecule has 0 aliphatic rings. The zero-order valence-corrected chi connectivity index (χ0v) is 21.2. The van der Waals surface area contributed by atoms with Crippen LogP contribution in [-0.4, -0.2) is 25.1 Å². The van der Waals surface area contributed by atoms with Crippen LogP contribution < -0.4 is 10.5 Å². The van der Waals surface area contributed by atoms with Crippen LogP contribution in [0.15, 0.2) is 71.2 Å². The van der Waals surface area contributed by atoms with Crippen molar-refractivity contribution >= 4 is 48.5 Å². The van der Waals surface area contributed by atoms with Crippen LogP contribution in [0.2, 0.25) is 0 Å². The first kappa shape index (κ1) is 24.0. The summed E-state index contributed by atoms with van der Waals surface area (Å²) in [6.45, 7) is 4.06. The van der Waals surface area contributed by atoms with Gasteiger partial charge in [0, 0.05) is 21.0 Å². The monoisotopic (exact) mass is 543 g/mol. The summed E-state index contributed by atoms with van der Waals surface area (Å²) in [5, 5.41) is 0.729. The van der Waals surface area contributed by atoms with E-state index in [2.05, 4.69) is 20.7 Å². The molecule has 34 heavy (non-hydrogen) atoms. The fourth-order valence-corrected chi connectivity index (χ4v) is 5.07. The van der Waals surface area contributed by atoms with Gasteiger partial charge >= 0.3 is 0 Å². The summed E-state index contributed by atoms with van der Waals surface area (Å²) in [6.07, 6.45) is 1.07. The normalized spacial score (nSPS) is 12.1. The quantitative estimate of drug-likeness (QED) is 0.344. The van der Waals surface area contributed by atoms with Crippen molar-refractivity contribution in [3.8, 4) is 5.69 Å². The lowest BCUT2D eigenvalue weighted by atomic mass is 9.78. The number of rotatable bonds is 6. The Kier molecular flexibility index (Phi) is 6.03. The largest absolute Gasteiger partial charge is 0.364 e. The summed E-state index contributed by atoms with van der Waals surface area (Å²) in [5.41, 5.74) is 8.98. The summed E-state index contributed by atoms with van der Waals surface area (Å²) in [5.74, 6) is -0.925. The van der Waals surface area contributed by atoms with Gasteiger partial charge in [0.05, 0.1) is 17.5 Å². The van der Waals surface area contributed by atoms with E-state index >= 15 is 0 Å². The molecule has 1 heterocycles. The molecule has 1 amide bonds. The lowest BCUT2D eigenvalue weighted by molar-refractivity contribution is 0.0994. The van der Waals surface area contributed by atoms with Gasteiger partial charge in [-0.15, -0.1) is 0 Å². The number of primary amides is 1. The maximum Gasteiger partial charge on any atom is 0.265 e. The molecule has 0 radical (unpaired) electrons. The molecule has 0 spiro atoms. The van der Waals surface area contributed by atoms with Crippen LogP contribution in [0.3, 0.4) is 0 Å². The minimum atomic E-state index is -3.48.